The molecule has 0 aromatic rings. The number of hydrogen-bond acceptors (Lipinski definition) is 3. The van der Waals surface area contributed by atoms with Gasteiger partial charge in [0.15, 0.2) is 0 Å². The van der Waals surface area contributed by atoms with E-state index in [1.165, 1.54) is 64.7 Å². The van der Waals surface area contributed by atoms with E-state index in [-0.39, 0.29) is 0 Å². The van der Waals surface area contributed by atoms with Crippen molar-refractivity contribution >= 4 is 0 Å². The molecule has 1 aliphatic heterocycles. The average Bonchev–Trinajstić information content (AvgIpc) is 2.42. The van der Waals surface area contributed by atoms with Gasteiger partial charge in [-0.3, -0.25) is 0 Å². The Bertz CT molecular complexity index is 216. The molecule has 1 heterocycles. The van der Waals surface area contributed by atoms with E-state index in [1.54, 1.807) is 0 Å². The van der Waals surface area contributed by atoms with Gasteiger partial charge < -0.3 is 15.5 Å². The van der Waals surface area contributed by atoms with Crippen LogP contribution in [0.4, 0.5) is 0 Å². The molecular formula is C15H31N3. The van der Waals surface area contributed by atoms with Gasteiger partial charge >= 0.3 is 0 Å². The third-order valence-corrected chi connectivity index (χ3v) is 4.96. The maximum Gasteiger partial charge on any atom is 0.00642 e. The summed E-state index contributed by atoms with van der Waals surface area (Å²) < 4.78 is 0. The Balaban J connectivity index is 1.53. The second kappa shape index (κ2) is 7.46. The molecule has 2 N–H and O–H groups in total. The first kappa shape index (κ1) is 14.3. The van der Waals surface area contributed by atoms with Crippen molar-refractivity contribution in [2.75, 3.05) is 40.3 Å². The first-order chi connectivity index (χ1) is 8.78. The SMILES string of the molecule is CNC1CCC(CNCC2CCN(C)CC2)CC1. The van der Waals surface area contributed by atoms with E-state index >= 15 is 0 Å². The minimum absolute atomic E-state index is 0.787. The molecule has 2 fully saturated rings. The van der Waals surface area contributed by atoms with Gasteiger partial charge in [0.05, 0.1) is 0 Å². The molecule has 2 rings (SSSR count). The Morgan fingerprint density at radius 1 is 0.889 bits per heavy atom. The van der Waals surface area contributed by atoms with Crippen molar-refractivity contribution in [1.82, 2.24) is 15.5 Å². The molecule has 0 aromatic heterocycles. The van der Waals surface area contributed by atoms with Crippen LogP contribution in [0.3, 0.4) is 0 Å². The van der Waals surface area contributed by atoms with E-state index in [0.29, 0.717) is 0 Å². The van der Waals surface area contributed by atoms with E-state index < -0.39 is 0 Å². The molecule has 0 bridgehead atoms. The molecule has 1 saturated carbocycles. The van der Waals surface area contributed by atoms with E-state index in [0.717, 1.165) is 17.9 Å². The fourth-order valence-corrected chi connectivity index (χ4v) is 3.41. The molecule has 0 atom stereocenters. The summed E-state index contributed by atoms with van der Waals surface area (Å²) in [6.45, 7) is 5.09. The van der Waals surface area contributed by atoms with E-state index in [1.807, 2.05) is 0 Å². The van der Waals surface area contributed by atoms with Crippen molar-refractivity contribution in [3.05, 3.63) is 0 Å². The fourth-order valence-electron chi connectivity index (χ4n) is 3.41. The highest BCUT2D eigenvalue weighted by molar-refractivity contribution is 4.78. The zero-order valence-electron chi connectivity index (χ0n) is 12.3. The molecule has 1 saturated heterocycles. The van der Waals surface area contributed by atoms with Gasteiger partial charge in [-0.25, -0.2) is 0 Å². The Kier molecular flexibility index (Phi) is 5.93. The van der Waals surface area contributed by atoms with Crippen molar-refractivity contribution in [2.45, 2.75) is 44.6 Å². The van der Waals surface area contributed by atoms with Crippen LogP contribution in [-0.4, -0.2) is 51.2 Å². The number of rotatable bonds is 5. The quantitative estimate of drug-likeness (QED) is 0.781. The van der Waals surface area contributed by atoms with Gasteiger partial charge in [-0.2, -0.15) is 0 Å². The largest absolute Gasteiger partial charge is 0.317 e. The number of likely N-dealkylation sites (tertiary alicyclic amines) is 1. The lowest BCUT2D eigenvalue weighted by Gasteiger charge is -2.31. The maximum absolute atomic E-state index is 3.73. The molecular weight excluding hydrogens is 222 g/mol. The molecule has 106 valence electrons. The van der Waals surface area contributed by atoms with Crippen LogP contribution in [0.25, 0.3) is 0 Å². The lowest BCUT2D eigenvalue weighted by molar-refractivity contribution is 0.211. The Labute approximate surface area is 113 Å². The summed E-state index contributed by atoms with van der Waals surface area (Å²) in [6.07, 6.45) is 8.33. The monoisotopic (exact) mass is 253 g/mol. The predicted molar refractivity (Wildman–Crippen MR) is 77.9 cm³/mol. The van der Waals surface area contributed by atoms with Crippen LogP contribution in [0.5, 0.6) is 0 Å². The Morgan fingerprint density at radius 3 is 2.00 bits per heavy atom. The van der Waals surface area contributed by atoms with Crippen LogP contribution in [0.1, 0.15) is 38.5 Å². The topological polar surface area (TPSA) is 27.3 Å². The second-order valence-electron chi connectivity index (χ2n) is 6.41. The molecule has 0 unspecified atom stereocenters. The van der Waals surface area contributed by atoms with Crippen LogP contribution in [0.2, 0.25) is 0 Å². The van der Waals surface area contributed by atoms with Gasteiger partial charge in [0.2, 0.25) is 0 Å². The molecule has 0 aromatic carbocycles. The van der Waals surface area contributed by atoms with Crippen molar-refractivity contribution in [3.63, 3.8) is 0 Å². The third kappa shape index (κ3) is 4.52. The molecule has 1 aliphatic carbocycles. The minimum Gasteiger partial charge on any atom is -0.317 e. The van der Waals surface area contributed by atoms with Crippen LogP contribution >= 0.6 is 0 Å². The van der Waals surface area contributed by atoms with Gasteiger partial charge in [-0.15, -0.1) is 0 Å². The summed E-state index contributed by atoms with van der Waals surface area (Å²) in [6, 6.07) is 0.787. The summed E-state index contributed by atoms with van der Waals surface area (Å²) in [7, 11) is 4.34. The minimum atomic E-state index is 0.787. The summed E-state index contributed by atoms with van der Waals surface area (Å²) in [5, 5.41) is 7.14. The van der Waals surface area contributed by atoms with Crippen molar-refractivity contribution in [3.8, 4) is 0 Å². The Morgan fingerprint density at radius 2 is 1.44 bits per heavy atom. The highest BCUT2D eigenvalue weighted by Gasteiger charge is 2.20. The highest BCUT2D eigenvalue weighted by Crippen LogP contribution is 2.23. The van der Waals surface area contributed by atoms with E-state index in [4.69, 9.17) is 0 Å². The van der Waals surface area contributed by atoms with Gasteiger partial charge in [-0.1, -0.05) is 0 Å². The fraction of sp³-hybridized carbons (Fsp3) is 1.00. The zero-order valence-corrected chi connectivity index (χ0v) is 12.3. The van der Waals surface area contributed by atoms with Crippen molar-refractivity contribution < 1.29 is 0 Å². The molecule has 0 amide bonds. The first-order valence-electron chi connectivity index (χ1n) is 7.84. The van der Waals surface area contributed by atoms with Gasteiger partial charge in [-0.05, 0) is 90.6 Å². The molecule has 0 spiro atoms. The summed E-state index contributed by atoms with van der Waals surface area (Å²) >= 11 is 0. The predicted octanol–water partition coefficient (Wildman–Crippen LogP) is 1.70. The number of hydrogen-bond donors (Lipinski definition) is 2. The second-order valence-corrected chi connectivity index (χ2v) is 6.41. The number of piperidine rings is 1. The normalized spacial score (nSPS) is 31.7. The van der Waals surface area contributed by atoms with E-state index in [9.17, 15) is 0 Å². The lowest BCUT2D eigenvalue weighted by Crippen LogP contribution is -2.37. The van der Waals surface area contributed by atoms with Gasteiger partial charge in [0.25, 0.3) is 0 Å². The third-order valence-electron chi connectivity index (χ3n) is 4.96. The summed E-state index contributed by atoms with van der Waals surface area (Å²) in [4.78, 5) is 2.45. The summed E-state index contributed by atoms with van der Waals surface area (Å²) in [5.41, 5.74) is 0. The van der Waals surface area contributed by atoms with Crippen LogP contribution < -0.4 is 10.6 Å². The van der Waals surface area contributed by atoms with Gasteiger partial charge in [0.1, 0.15) is 0 Å². The van der Waals surface area contributed by atoms with E-state index in [2.05, 4.69) is 29.6 Å². The van der Waals surface area contributed by atoms with Crippen LogP contribution in [0.15, 0.2) is 0 Å². The molecule has 0 radical (unpaired) electrons. The molecule has 3 nitrogen and oxygen atoms in total. The summed E-state index contributed by atoms with van der Waals surface area (Å²) in [5.74, 6) is 1.86. The molecule has 3 heteroatoms. The molecule has 18 heavy (non-hydrogen) atoms. The smallest absolute Gasteiger partial charge is 0.00642 e. The van der Waals surface area contributed by atoms with Gasteiger partial charge in [0, 0.05) is 6.04 Å². The van der Waals surface area contributed by atoms with Crippen molar-refractivity contribution in [2.24, 2.45) is 11.8 Å². The maximum atomic E-state index is 3.73. The number of nitrogens with zero attached hydrogens (tertiary/aromatic N) is 1. The van der Waals surface area contributed by atoms with Crippen LogP contribution in [0, 0.1) is 11.8 Å². The molecule has 2 aliphatic rings. The first-order valence-corrected chi connectivity index (χ1v) is 7.84. The highest BCUT2D eigenvalue weighted by atomic mass is 15.1. The lowest BCUT2D eigenvalue weighted by atomic mass is 9.86. The van der Waals surface area contributed by atoms with Crippen LogP contribution in [-0.2, 0) is 0 Å². The zero-order chi connectivity index (χ0) is 12.8. The average molecular weight is 253 g/mol. The Hall–Kier alpha value is -0.120. The number of nitrogens with one attached hydrogen (secondary N) is 2. The standard InChI is InChI=1S/C15H31N3/c1-16-15-5-3-13(4-6-15)11-17-12-14-7-9-18(2)10-8-14/h13-17H,3-12H2,1-2H3. The van der Waals surface area contributed by atoms with Crippen molar-refractivity contribution in [1.29, 1.82) is 0 Å².